The lowest BCUT2D eigenvalue weighted by Gasteiger charge is -2.08. The summed E-state index contributed by atoms with van der Waals surface area (Å²) in [5.74, 6) is 0.162. The molecule has 0 unspecified atom stereocenters. The molecule has 8 heteroatoms. The number of benzene rings is 3. The second kappa shape index (κ2) is 9.21. The molecule has 1 amide bonds. The molecular formula is C25H21ClN2O4S. The van der Waals surface area contributed by atoms with Crippen LogP contribution in [0.1, 0.15) is 27.4 Å². The number of hydrogen-bond acceptors (Lipinski definition) is 5. The largest absolute Gasteiger partial charge is 0.441 e. The number of aromatic nitrogens is 1. The highest BCUT2D eigenvalue weighted by atomic mass is 35.5. The minimum Gasteiger partial charge on any atom is -0.441 e. The molecule has 1 N–H and O–H groups in total. The summed E-state index contributed by atoms with van der Waals surface area (Å²) in [6.45, 7) is 3.60. The van der Waals surface area contributed by atoms with Crippen molar-refractivity contribution in [2.45, 2.75) is 24.5 Å². The monoisotopic (exact) mass is 480 g/mol. The van der Waals surface area contributed by atoms with Crippen LogP contribution in [-0.2, 0) is 15.6 Å². The molecule has 3 aromatic carbocycles. The maximum absolute atomic E-state index is 12.7. The minimum absolute atomic E-state index is 0.234. The van der Waals surface area contributed by atoms with E-state index in [0.717, 1.165) is 5.56 Å². The fourth-order valence-corrected chi connectivity index (χ4v) is 4.91. The molecule has 0 bridgehead atoms. The summed E-state index contributed by atoms with van der Waals surface area (Å²) in [6.07, 6.45) is 0. The van der Waals surface area contributed by atoms with Gasteiger partial charge in [0.25, 0.3) is 5.91 Å². The number of nitrogens with one attached hydrogen (secondary N) is 1. The molecular weight excluding hydrogens is 460 g/mol. The summed E-state index contributed by atoms with van der Waals surface area (Å²) in [5.41, 5.74) is 2.95. The number of hydrogen-bond donors (Lipinski definition) is 1. The lowest BCUT2D eigenvalue weighted by Crippen LogP contribution is -2.12. The van der Waals surface area contributed by atoms with E-state index in [2.05, 4.69) is 10.3 Å². The van der Waals surface area contributed by atoms with Gasteiger partial charge in [-0.2, -0.15) is 0 Å². The average Bonchev–Trinajstić information content (AvgIpc) is 3.16. The van der Waals surface area contributed by atoms with E-state index in [1.165, 1.54) is 0 Å². The summed E-state index contributed by atoms with van der Waals surface area (Å²) in [4.78, 5) is 17.2. The lowest BCUT2D eigenvalue weighted by atomic mass is 10.1. The molecule has 0 radical (unpaired) electrons. The van der Waals surface area contributed by atoms with Crippen molar-refractivity contribution in [3.05, 3.63) is 100 Å². The number of carbonyl (C=O) groups excluding carboxylic acids is 1. The predicted molar refractivity (Wildman–Crippen MR) is 128 cm³/mol. The number of sulfone groups is 1. The lowest BCUT2D eigenvalue weighted by molar-refractivity contribution is 0.102. The number of nitrogens with zero attached hydrogens (tertiary/aromatic N) is 1. The topological polar surface area (TPSA) is 89.3 Å². The Morgan fingerprint density at radius 2 is 1.70 bits per heavy atom. The second-order valence-electron chi connectivity index (χ2n) is 7.61. The third-order valence-electron chi connectivity index (χ3n) is 5.09. The van der Waals surface area contributed by atoms with Crippen LogP contribution in [0.3, 0.4) is 0 Å². The molecule has 0 saturated heterocycles. The van der Waals surface area contributed by atoms with Gasteiger partial charge in [0.2, 0.25) is 5.89 Å². The summed E-state index contributed by atoms with van der Waals surface area (Å²) in [6, 6.07) is 20.3. The van der Waals surface area contributed by atoms with Crippen LogP contribution in [0.5, 0.6) is 0 Å². The minimum atomic E-state index is -3.54. The first-order valence-electron chi connectivity index (χ1n) is 10.1. The zero-order chi connectivity index (χ0) is 23.6. The van der Waals surface area contributed by atoms with Crippen molar-refractivity contribution in [2.75, 3.05) is 5.32 Å². The highest BCUT2D eigenvalue weighted by Crippen LogP contribution is 2.26. The molecule has 1 heterocycles. The van der Waals surface area contributed by atoms with E-state index in [0.29, 0.717) is 39.2 Å². The van der Waals surface area contributed by atoms with E-state index < -0.39 is 9.84 Å². The molecule has 4 aromatic rings. The van der Waals surface area contributed by atoms with Crippen molar-refractivity contribution in [1.29, 1.82) is 0 Å². The third kappa shape index (κ3) is 5.16. The Bertz CT molecular complexity index is 1410. The molecule has 4 rings (SSSR count). The van der Waals surface area contributed by atoms with Crippen LogP contribution in [0.15, 0.2) is 82.1 Å². The number of amides is 1. The fourth-order valence-electron chi connectivity index (χ4n) is 3.26. The van der Waals surface area contributed by atoms with E-state index in [1.807, 2.05) is 13.0 Å². The van der Waals surface area contributed by atoms with Crippen molar-refractivity contribution in [3.63, 3.8) is 0 Å². The van der Waals surface area contributed by atoms with Crippen LogP contribution in [0, 0.1) is 13.8 Å². The molecule has 33 heavy (non-hydrogen) atoms. The molecule has 0 atom stereocenters. The van der Waals surface area contributed by atoms with Crippen molar-refractivity contribution < 1.29 is 17.6 Å². The SMILES string of the molecule is Cc1ccc(NC(=O)c2ccc(-c3nc(CS(=O)(=O)c4ccccc4)c(C)o3)cc2)c(Cl)c1. The third-order valence-corrected chi connectivity index (χ3v) is 7.05. The van der Waals surface area contributed by atoms with E-state index in [4.69, 9.17) is 16.0 Å². The Balaban J connectivity index is 1.51. The highest BCUT2D eigenvalue weighted by Gasteiger charge is 2.21. The zero-order valence-corrected chi connectivity index (χ0v) is 19.6. The van der Waals surface area contributed by atoms with Crippen molar-refractivity contribution >= 4 is 33.0 Å². The molecule has 1 aromatic heterocycles. The van der Waals surface area contributed by atoms with Gasteiger partial charge in [-0.05, 0) is 67.9 Å². The predicted octanol–water partition coefficient (Wildman–Crippen LogP) is 5.84. The molecule has 0 aliphatic rings. The van der Waals surface area contributed by atoms with Gasteiger partial charge in [-0.15, -0.1) is 0 Å². The Hall–Kier alpha value is -3.42. The molecule has 0 aliphatic carbocycles. The molecule has 0 fully saturated rings. The van der Waals surface area contributed by atoms with Gasteiger partial charge in [0, 0.05) is 11.1 Å². The molecule has 0 aliphatic heterocycles. The van der Waals surface area contributed by atoms with Crippen LogP contribution in [0.2, 0.25) is 5.02 Å². The zero-order valence-electron chi connectivity index (χ0n) is 18.0. The average molecular weight is 481 g/mol. The Morgan fingerprint density at radius 1 is 1.00 bits per heavy atom. The molecule has 0 saturated carbocycles. The van der Waals surface area contributed by atoms with Gasteiger partial charge in [-0.3, -0.25) is 4.79 Å². The number of anilines is 1. The first-order chi connectivity index (χ1) is 15.7. The summed E-state index contributed by atoms with van der Waals surface area (Å²) < 4.78 is 31.1. The summed E-state index contributed by atoms with van der Waals surface area (Å²) >= 11 is 6.19. The molecule has 6 nitrogen and oxygen atoms in total. The van der Waals surface area contributed by atoms with Gasteiger partial charge in [0.15, 0.2) is 9.84 Å². The van der Waals surface area contributed by atoms with Crippen LogP contribution in [-0.4, -0.2) is 19.3 Å². The Morgan fingerprint density at radius 3 is 2.36 bits per heavy atom. The number of halogens is 1. The van der Waals surface area contributed by atoms with Crippen LogP contribution in [0.25, 0.3) is 11.5 Å². The molecule has 0 spiro atoms. The van der Waals surface area contributed by atoms with Gasteiger partial charge in [-0.25, -0.2) is 13.4 Å². The van der Waals surface area contributed by atoms with Gasteiger partial charge in [0.05, 0.1) is 21.3 Å². The van der Waals surface area contributed by atoms with Crippen LogP contribution >= 0.6 is 11.6 Å². The number of carbonyl (C=O) groups is 1. The first kappa shape index (κ1) is 22.8. The molecule has 168 valence electrons. The van der Waals surface area contributed by atoms with Gasteiger partial charge >= 0.3 is 0 Å². The fraction of sp³-hybridized carbons (Fsp3) is 0.120. The Labute approximate surface area is 197 Å². The quantitative estimate of drug-likeness (QED) is 0.374. The van der Waals surface area contributed by atoms with Crippen LogP contribution < -0.4 is 5.32 Å². The number of oxazole rings is 1. The van der Waals surface area contributed by atoms with Gasteiger partial charge < -0.3 is 9.73 Å². The number of aryl methyl sites for hydroxylation is 2. The summed E-state index contributed by atoms with van der Waals surface area (Å²) in [7, 11) is -3.54. The highest BCUT2D eigenvalue weighted by molar-refractivity contribution is 7.90. The first-order valence-corrected chi connectivity index (χ1v) is 12.2. The van der Waals surface area contributed by atoms with E-state index in [-0.39, 0.29) is 16.6 Å². The smallest absolute Gasteiger partial charge is 0.255 e. The number of rotatable bonds is 6. The van der Waals surface area contributed by atoms with E-state index >= 15 is 0 Å². The van der Waals surface area contributed by atoms with Crippen molar-refractivity contribution in [1.82, 2.24) is 4.98 Å². The van der Waals surface area contributed by atoms with Crippen molar-refractivity contribution in [3.8, 4) is 11.5 Å². The maximum atomic E-state index is 12.7. The van der Waals surface area contributed by atoms with Gasteiger partial charge in [-0.1, -0.05) is 35.9 Å². The normalized spacial score (nSPS) is 11.4. The van der Waals surface area contributed by atoms with Crippen molar-refractivity contribution in [2.24, 2.45) is 0 Å². The summed E-state index contributed by atoms with van der Waals surface area (Å²) in [5, 5.41) is 3.26. The standard InChI is InChI=1S/C25H21ClN2O4S/c1-16-8-13-22(21(26)14-16)27-24(29)18-9-11-19(12-10-18)25-28-23(17(2)32-25)15-33(30,31)20-6-4-3-5-7-20/h3-14H,15H2,1-2H3,(H,27,29). The van der Waals surface area contributed by atoms with Gasteiger partial charge in [0.1, 0.15) is 11.5 Å². The maximum Gasteiger partial charge on any atom is 0.255 e. The van der Waals surface area contributed by atoms with Crippen LogP contribution in [0.4, 0.5) is 5.69 Å². The Kier molecular flexibility index (Phi) is 6.35. The van der Waals surface area contributed by atoms with E-state index in [1.54, 1.807) is 73.7 Å². The van der Waals surface area contributed by atoms with E-state index in [9.17, 15) is 13.2 Å². The second-order valence-corrected chi connectivity index (χ2v) is 10.0.